The molecule has 7 nitrogen and oxygen atoms in total. The van der Waals surface area contributed by atoms with Crippen molar-refractivity contribution < 1.29 is 13.2 Å². The summed E-state index contributed by atoms with van der Waals surface area (Å²) in [5, 5.41) is 1.44. The van der Waals surface area contributed by atoms with Crippen LogP contribution in [0.25, 0.3) is 10.2 Å². The Morgan fingerprint density at radius 1 is 1.14 bits per heavy atom. The number of aromatic nitrogens is 2. The molecule has 1 aliphatic heterocycles. The molecule has 4 aromatic rings. The fraction of sp³-hybridized carbons (Fsp3) is 0.240. The number of hydrogen-bond acceptors (Lipinski definition) is 6. The highest BCUT2D eigenvalue weighted by Gasteiger charge is 2.42. The van der Waals surface area contributed by atoms with E-state index in [-0.39, 0.29) is 23.9 Å². The number of benzene rings is 2. The number of fused-ring (bicyclic) bond motifs is 1. The van der Waals surface area contributed by atoms with Gasteiger partial charge < -0.3 is 0 Å². The Bertz CT molecular complexity index is 1490. The van der Waals surface area contributed by atoms with Gasteiger partial charge >= 0.3 is 0 Å². The molecule has 3 heterocycles. The number of pyridine rings is 1. The molecule has 0 saturated carbocycles. The van der Waals surface area contributed by atoms with Crippen LogP contribution in [0.4, 0.5) is 5.13 Å². The number of thiazole rings is 1. The van der Waals surface area contributed by atoms with Crippen LogP contribution in [0, 0.1) is 6.92 Å². The Kier molecular flexibility index (Phi) is 7.02. The zero-order chi connectivity index (χ0) is 25.4. The maximum Gasteiger partial charge on any atom is 0.247 e. The number of amides is 1. The van der Waals surface area contributed by atoms with Crippen LogP contribution in [0.5, 0.6) is 0 Å². The number of aryl methyl sites for hydroxylation is 1. The second-order valence-electron chi connectivity index (χ2n) is 8.51. The molecule has 1 aliphatic rings. The van der Waals surface area contributed by atoms with Crippen molar-refractivity contribution in [3.63, 3.8) is 0 Å². The van der Waals surface area contributed by atoms with Crippen LogP contribution >= 0.6 is 34.5 Å². The Morgan fingerprint density at radius 2 is 1.92 bits per heavy atom. The first-order valence-electron chi connectivity index (χ1n) is 11.3. The molecule has 2 aromatic carbocycles. The van der Waals surface area contributed by atoms with E-state index in [1.165, 1.54) is 44.8 Å². The van der Waals surface area contributed by atoms with Crippen LogP contribution in [0.15, 0.2) is 65.7 Å². The lowest BCUT2D eigenvalue weighted by atomic mass is 10.2. The fourth-order valence-electron chi connectivity index (χ4n) is 4.30. The van der Waals surface area contributed by atoms with Gasteiger partial charge in [0.05, 0.1) is 32.4 Å². The number of carbonyl (C=O) groups excluding carboxylic acids is 1. The maximum atomic E-state index is 14.0. The molecular weight excluding hydrogens is 539 g/mol. The third-order valence-electron chi connectivity index (χ3n) is 6.14. The number of carbonyl (C=O) groups is 1. The van der Waals surface area contributed by atoms with Crippen molar-refractivity contribution in [3.05, 3.63) is 82.1 Å². The highest BCUT2D eigenvalue weighted by Crippen LogP contribution is 2.37. The van der Waals surface area contributed by atoms with Crippen LogP contribution in [-0.4, -0.2) is 41.2 Å². The van der Waals surface area contributed by atoms with Crippen molar-refractivity contribution in [3.8, 4) is 0 Å². The van der Waals surface area contributed by atoms with Crippen LogP contribution in [0.1, 0.15) is 24.1 Å². The molecule has 1 saturated heterocycles. The highest BCUT2D eigenvalue weighted by atomic mass is 35.5. The van der Waals surface area contributed by atoms with Gasteiger partial charge in [-0.15, -0.1) is 0 Å². The number of hydrogen-bond donors (Lipinski definition) is 0. The molecule has 1 unspecified atom stereocenters. The van der Waals surface area contributed by atoms with Gasteiger partial charge in [0.25, 0.3) is 0 Å². The van der Waals surface area contributed by atoms with Gasteiger partial charge in [0.15, 0.2) is 5.13 Å². The largest absolute Gasteiger partial charge is 0.281 e. The molecule has 0 N–H and O–H groups in total. The minimum absolute atomic E-state index is 0.102. The molecular formula is C25H22Cl2N4O3S2. The van der Waals surface area contributed by atoms with E-state index in [0.717, 1.165) is 15.8 Å². The van der Waals surface area contributed by atoms with E-state index in [1.807, 2.05) is 31.2 Å². The van der Waals surface area contributed by atoms with Crippen molar-refractivity contribution in [2.75, 3.05) is 11.4 Å². The molecule has 1 atom stereocenters. The van der Waals surface area contributed by atoms with E-state index in [0.29, 0.717) is 33.7 Å². The van der Waals surface area contributed by atoms with Crippen molar-refractivity contribution in [1.82, 2.24) is 14.3 Å². The second kappa shape index (κ2) is 10.1. The molecule has 0 spiro atoms. The Balaban J connectivity index is 1.55. The lowest BCUT2D eigenvalue weighted by molar-refractivity contribution is -0.121. The maximum absolute atomic E-state index is 14.0. The topological polar surface area (TPSA) is 83.5 Å². The Hall–Kier alpha value is -2.56. The van der Waals surface area contributed by atoms with Crippen molar-refractivity contribution in [1.29, 1.82) is 0 Å². The van der Waals surface area contributed by atoms with E-state index >= 15 is 0 Å². The first kappa shape index (κ1) is 25.1. The summed E-state index contributed by atoms with van der Waals surface area (Å²) in [5.41, 5.74) is 2.33. The van der Waals surface area contributed by atoms with Gasteiger partial charge in [-0.05, 0) is 67.8 Å². The van der Waals surface area contributed by atoms with Gasteiger partial charge in [0, 0.05) is 17.8 Å². The summed E-state index contributed by atoms with van der Waals surface area (Å²) in [4.78, 5) is 24.8. The normalized spacial score (nSPS) is 16.5. The van der Waals surface area contributed by atoms with E-state index < -0.39 is 16.1 Å². The number of nitrogens with zero attached hydrogens (tertiary/aromatic N) is 4. The first-order chi connectivity index (χ1) is 17.3. The van der Waals surface area contributed by atoms with Crippen molar-refractivity contribution >= 4 is 65.8 Å². The van der Waals surface area contributed by atoms with Gasteiger partial charge in [0.2, 0.25) is 15.9 Å². The first-order valence-corrected chi connectivity index (χ1v) is 14.3. The van der Waals surface area contributed by atoms with Crippen molar-refractivity contribution in [2.24, 2.45) is 0 Å². The smallest absolute Gasteiger partial charge is 0.247 e. The van der Waals surface area contributed by atoms with E-state index in [1.54, 1.807) is 12.3 Å². The van der Waals surface area contributed by atoms with Crippen LogP contribution in [0.3, 0.4) is 0 Å². The van der Waals surface area contributed by atoms with Gasteiger partial charge in [-0.1, -0.05) is 46.7 Å². The zero-order valence-corrected chi connectivity index (χ0v) is 22.4. The molecule has 11 heteroatoms. The minimum Gasteiger partial charge on any atom is -0.281 e. The number of halogens is 2. The lowest BCUT2D eigenvalue weighted by Gasteiger charge is -2.28. The average Bonchev–Trinajstić information content (AvgIpc) is 3.54. The SMILES string of the molecule is Cc1ccc(Cl)c2sc(N(Cc3ccccn3)C(=O)C3CCCN3S(=O)(=O)c3ccc(Cl)cc3)nc12. The molecule has 36 heavy (non-hydrogen) atoms. The van der Waals surface area contributed by atoms with Gasteiger partial charge in [0.1, 0.15) is 6.04 Å². The summed E-state index contributed by atoms with van der Waals surface area (Å²) in [6.07, 6.45) is 2.64. The van der Waals surface area contributed by atoms with Crippen molar-refractivity contribution in [2.45, 2.75) is 37.2 Å². The third kappa shape index (κ3) is 4.73. The average molecular weight is 562 g/mol. The Labute approximate surface area is 223 Å². The second-order valence-corrected chi connectivity index (χ2v) is 12.2. The molecule has 0 bridgehead atoms. The van der Waals surface area contributed by atoms with Gasteiger partial charge in [-0.25, -0.2) is 13.4 Å². The van der Waals surface area contributed by atoms with Crippen LogP contribution in [0.2, 0.25) is 10.0 Å². The summed E-state index contributed by atoms with van der Waals surface area (Å²) < 4.78 is 29.0. The molecule has 1 fully saturated rings. The lowest BCUT2D eigenvalue weighted by Crippen LogP contribution is -2.47. The Morgan fingerprint density at radius 3 is 2.61 bits per heavy atom. The number of rotatable bonds is 6. The highest BCUT2D eigenvalue weighted by molar-refractivity contribution is 7.89. The summed E-state index contributed by atoms with van der Waals surface area (Å²) in [5.74, 6) is -0.344. The summed E-state index contributed by atoms with van der Waals surface area (Å²) in [6.45, 7) is 2.34. The predicted molar refractivity (Wildman–Crippen MR) is 143 cm³/mol. The number of anilines is 1. The van der Waals surface area contributed by atoms with Gasteiger partial charge in [-0.3, -0.25) is 14.7 Å². The third-order valence-corrected chi connectivity index (χ3v) is 9.85. The molecule has 1 amide bonds. The van der Waals surface area contributed by atoms with E-state index in [9.17, 15) is 13.2 Å². The summed E-state index contributed by atoms with van der Waals surface area (Å²) >= 11 is 13.7. The molecule has 186 valence electrons. The predicted octanol–water partition coefficient (Wildman–Crippen LogP) is 5.69. The quantitative estimate of drug-likeness (QED) is 0.302. The van der Waals surface area contributed by atoms with Crippen LogP contribution < -0.4 is 4.90 Å². The van der Waals surface area contributed by atoms with E-state index in [2.05, 4.69) is 4.98 Å². The van der Waals surface area contributed by atoms with Gasteiger partial charge in [-0.2, -0.15) is 4.31 Å². The number of sulfonamides is 1. The fourth-order valence-corrected chi connectivity index (χ4v) is 7.39. The molecule has 0 radical (unpaired) electrons. The zero-order valence-electron chi connectivity index (χ0n) is 19.3. The van der Waals surface area contributed by atoms with E-state index in [4.69, 9.17) is 28.2 Å². The van der Waals surface area contributed by atoms with Crippen LogP contribution in [-0.2, 0) is 21.4 Å². The monoisotopic (exact) mass is 560 g/mol. The minimum atomic E-state index is -3.90. The summed E-state index contributed by atoms with van der Waals surface area (Å²) in [7, 11) is -3.90. The molecule has 0 aliphatic carbocycles. The molecule has 2 aromatic heterocycles. The summed E-state index contributed by atoms with van der Waals surface area (Å²) in [6, 6.07) is 14.3. The molecule has 5 rings (SSSR count). The standard InChI is InChI=1S/C25H22Cl2N4O3S2/c1-16-7-12-20(27)23-22(16)29-25(35-23)30(15-18-5-2-3-13-28-18)24(32)21-6-4-14-31(21)36(33,34)19-10-8-17(26)9-11-19/h2-3,5,7-13,21H,4,6,14-15H2,1H3.